The highest BCUT2D eigenvalue weighted by atomic mass is 16.6. The molecule has 9 heteroatoms. The number of hydrogen-bond acceptors (Lipinski definition) is 6. The number of fused-ring (bicyclic) bond motifs is 1. The van der Waals surface area contributed by atoms with Gasteiger partial charge in [-0.1, -0.05) is 18.2 Å². The molecule has 0 saturated heterocycles. The first kappa shape index (κ1) is 18.2. The molecule has 0 saturated carbocycles. The summed E-state index contributed by atoms with van der Waals surface area (Å²) >= 11 is 0. The Morgan fingerprint density at radius 1 is 1.10 bits per heavy atom. The summed E-state index contributed by atoms with van der Waals surface area (Å²) in [6.07, 6.45) is 3.17. The molecule has 3 N–H and O–H groups in total. The van der Waals surface area contributed by atoms with E-state index < -0.39 is 11.8 Å². The molecule has 1 aromatic heterocycles. The van der Waals surface area contributed by atoms with Crippen LogP contribution in [-0.2, 0) is 9.59 Å². The highest BCUT2D eigenvalue weighted by Crippen LogP contribution is 2.35. The third kappa shape index (κ3) is 3.93. The highest BCUT2D eigenvalue weighted by Gasteiger charge is 2.17. The van der Waals surface area contributed by atoms with Crippen LogP contribution >= 0.6 is 0 Å². The van der Waals surface area contributed by atoms with Gasteiger partial charge in [0.05, 0.1) is 11.9 Å². The molecule has 0 fully saturated rings. The van der Waals surface area contributed by atoms with Crippen molar-refractivity contribution in [2.24, 2.45) is 10.8 Å². The first-order valence-electron chi connectivity index (χ1n) is 8.80. The van der Waals surface area contributed by atoms with Crippen molar-refractivity contribution in [1.29, 1.82) is 0 Å². The fourth-order valence-corrected chi connectivity index (χ4v) is 2.83. The van der Waals surface area contributed by atoms with Crippen molar-refractivity contribution in [2.45, 2.75) is 0 Å². The summed E-state index contributed by atoms with van der Waals surface area (Å²) in [5, 5.41) is 8.47. The number of aromatic nitrogens is 2. The molecular weight excluding hydrogens is 374 g/mol. The average Bonchev–Trinajstić information content (AvgIpc) is 3.18. The normalized spacial score (nSPS) is 12.7. The van der Waals surface area contributed by atoms with Gasteiger partial charge in [-0.15, -0.1) is 0 Å². The highest BCUT2D eigenvalue weighted by molar-refractivity contribution is 6.34. The van der Waals surface area contributed by atoms with Gasteiger partial charge in [0.15, 0.2) is 11.5 Å². The Balaban J connectivity index is 1.73. The van der Waals surface area contributed by atoms with Crippen molar-refractivity contribution < 1.29 is 19.1 Å². The molecule has 0 aliphatic carbocycles. The Morgan fingerprint density at radius 2 is 1.86 bits per heavy atom. The van der Waals surface area contributed by atoms with Crippen molar-refractivity contribution in [3.8, 4) is 28.4 Å². The molecule has 146 valence electrons. The molecule has 2 aromatic carbocycles. The lowest BCUT2D eigenvalue weighted by molar-refractivity contribution is -0.137. The topological polar surface area (TPSA) is 121 Å². The number of hydrazone groups is 1. The minimum atomic E-state index is -1.12. The average molecular weight is 391 g/mol. The van der Waals surface area contributed by atoms with E-state index in [1.807, 2.05) is 48.5 Å². The van der Waals surface area contributed by atoms with Gasteiger partial charge in [0.1, 0.15) is 18.9 Å². The molecule has 0 atom stereocenters. The van der Waals surface area contributed by atoms with E-state index in [9.17, 15) is 9.59 Å². The monoisotopic (exact) mass is 391 g/mol. The zero-order chi connectivity index (χ0) is 20.2. The number of carbonyl (C=O) groups excluding carboxylic acids is 2. The van der Waals surface area contributed by atoms with Gasteiger partial charge in [0, 0.05) is 17.3 Å². The van der Waals surface area contributed by atoms with Gasteiger partial charge in [0.2, 0.25) is 0 Å². The Bertz CT molecular complexity index is 1090. The number of para-hydroxylation sites is 1. The minimum absolute atomic E-state index is 0.475. The predicted molar refractivity (Wildman–Crippen MR) is 105 cm³/mol. The van der Waals surface area contributed by atoms with Gasteiger partial charge < -0.3 is 15.2 Å². The van der Waals surface area contributed by atoms with Crippen LogP contribution in [0.5, 0.6) is 11.5 Å². The van der Waals surface area contributed by atoms with Crippen LogP contribution < -0.4 is 20.6 Å². The second kappa shape index (κ2) is 7.85. The Kier molecular flexibility index (Phi) is 4.93. The SMILES string of the molecule is NC(=O)C(=O)N/N=C/c1cn(-c2ccccc2)nc1-c1ccc2c(c1)OCCO2. The van der Waals surface area contributed by atoms with E-state index in [0.717, 1.165) is 11.3 Å². The third-order valence-corrected chi connectivity index (χ3v) is 4.17. The molecular formula is C20H17N5O4. The minimum Gasteiger partial charge on any atom is -0.486 e. The van der Waals surface area contributed by atoms with Gasteiger partial charge in [-0.2, -0.15) is 10.2 Å². The zero-order valence-corrected chi connectivity index (χ0v) is 15.2. The number of primary amides is 1. The Morgan fingerprint density at radius 3 is 2.62 bits per heavy atom. The van der Waals surface area contributed by atoms with Crippen molar-refractivity contribution >= 4 is 18.0 Å². The van der Waals surface area contributed by atoms with Crippen LogP contribution in [0.15, 0.2) is 59.8 Å². The maximum absolute atomic E-state index is 11.3. The zero-order valence-electron chi connectivity index (χ0n) is 15.2. The van der Waals surface area contributed by atoms with Crippen LogP contribution in [0.25, 0.3) is 16.9 Å². The van der Waals surface area contributed by atoms with Crippen LogP contribution in [0.4, 0.5) is 0 Å². The van der Waals surface area contributed by atoms with Crippen LogP contribution in [-0.4, -0.2) is 41.0 Å². The van der Waals surface area contributed by atoms with Gasteiger partial charge in [-0.05, 0) is 30.3 Å². The van der Waals surface area contributed by atoms with E-state index >= 15 is 0 Å². The molecule has 1 aliphatic rings. The fourth-order valence-electron chi connectivity index (χ4n) is 2.83. The molecule has 29 heavy (non-hydrogen) atoms. The van der Waals surface area contributed by atoms with Gasteiger partial charge in [-0.3, -0.25) is 9.59 Å². The molecule has 2 amide bonds. The molecule has 9 nitrogen and oxygen atoms in total. The lowest BCUT2D eigenvalue weighted by Crippen LogP contribution is -2.32. The van der Waals surface area contributed by atoms with Crippen LogP contribution in [0, 0.1) is 0 Å². The summed E-state index contributed by atoms with van der Waals surface area (Å²) in [5.41, 5.74) is 9.87. The second-order valence-electron chi connectivity index (χ2n) is 6.13. The number of benzene rings is 2. The summed E-state index contributed by atoms with van der Waals surface area (Å²) in [6.45, 7) is 0.981. The number of rotatable bonds is 4. The summed E-state index contributed by atoms with van der Waals surface area (Å²) in [6, 6.07) is 15.1. The molecule has 0 spiro atoms. The first-order valence-corrected chi connectivity index (χ1v) is 8.80. The van der Waals surface area contributed by atoms with E-state index in [-0.39, 0.29) is 0 Å². The number of amides is 2. The summed E-state index contributed by atoms with van der Waals surface area (Å²) < 4.78 is 12.9. The molecule has 1 aliphatic heterocycles. The standard InChI is InChI=1S/C20H17N5O4/c21-19(26)20(27)23-22-11-14-12-25(15-4-2-1-3-5-15)24-18(14)13-6-7-16-17(10-13)29-9-8-28-16/h1-7,10-12H,8-9H2,(H2,21,26)(H,23,27)/b22-11+. The second-order valence-corrected chi connectivity index (χ2v) is 6.13. The fraction of sp³-hybridized carbons (Fsp3) is 0.100. The van der Waals surface area contributed by atoms with E-state index in [1.165, 1.54) is 6.21 Å². The summed E-state index contributed by atoms with van der Waals surface area (Å²) in [7, 11) is 0. The number of nitrogens with one attached hydrogen (secondary N) is 1. The summed E-state index contributed by atoms with van der Waals surface area (Å²) in [5.74, 6) is -0.814. The number of ether oxygens (including phenoxy) is 2. The smallest absolute Gasteiger partial charge is 0.329 e. The van der Waals surface area contributed by atoms with E-state index in [2.05, 4.69) is 15.6 Å². The Labute approximate surface area is 165 Å². The Hall–Kier alpha value is -4.14. The number of carbonyl (C=O) groups is 2. The van der Waals surface area contributed by atoms with Gasteiger partial charge in [-0.25, -0.2) is 10.1 Å². The molecule has 2 heterocycles. The van der Waals surface area contributed by atoms with Crippen LogP contribution in [0.3, 0.4) is 0 Å². The summed E-state index contributed by atoms with van der Waals surface area (Å²) in [4.78, 5) is 22.2. The quantitative estimate of drug-likeness (QED) is 0.394. The van der Waals surface area contributed by atoms with E-state index in [1.54, 1.807) is 10.9 Å². The van der Waals surface area contributed by atoms with E-state index in [0.29, 0.717) is 36.0 Å². The molecule has 0 bridgehead atoms. The molecule has 0 radical (unpaired) electrons. The third-order valence-electron chi connectivity index (χ3n) is 4.17. The van der Waals surface area contributed by atoms with Gasteiger partial charge in [0.25, 0.3) is 0 Å². The maximum Gasteiger partial charge on any atom is 0.329 e. The number of nitrogens with zero attached hydrogens (tertiary/aromatic N) is 3. The van der Waals surface area contributed by atoms with Crippen molar-refractivity contribution in [2.75, 3.05) is 13.2 Å². The molecule has 0 unspecified atom stereocenters. The van der Waals surface area contributed by atoms with Gasteiger partial charge >= 0.3 is 11.8 Å². The number of nitrogens with two attached hydrogens (primary N) is 1. The van der Waals surface area contributed by atoms with Crippen molar-refractivity contribution in [3.63, 3.8) is 0 Å². The largest absolute Gasteiger partial charge is 0.486 e. The lowest BCUT2D eigenvalue weighted by atomic mass is 10.1. The predicted octanol–water partition coefficient (Wildman–Crippen LogP) is 1.25. The maximum atomic E-state index is 11.3. The van der Waals surface area contributed by atoms with Crippen molar-refractivity contribution in [1.82, 2.24) is 15.2 Å². The van der Waals surface area contributed by atoms with Crippen LogP contribution in [0.2, 0.25) is 0 Å². The molecule has 4 rings (SSSR count). The van der Waals surface area contributed by atoms with E-state index in [4.69, 9.17) is 15.2 Å². The van der Waals surface area contributed by atoms with Crippen LogP contribution in [0.1, 0.15) is 5.56 Å². The molecule has 3 aromatic rings. The van der Waals surface area contributed by atoms with Crippen molar-refractivity contribution in [3.05, 3.63) is 60.3 Å². The number of hydrogen-bond donors (Lipinski definition) is 2. The first-order chi connectivity index (χ1) is 14.1. The lowest BCUT2D eigenvalue weighted by Gasteiger charge is -2.18.